The lowest BCUT2D eigenvalue weighted by Crippen LogP contribution is -2.73. The zero-order chi connectivity index (χ0) is 27.4. The zero-order valence-corrected chi connectivity index (χ0v) is 23.1. The number of carbonyl (C=O) groups excluding carboxylic acids is 2. The highest BCUT2D eigenvalue weighted by atomic mass is 16.6. The van der Waals surface area contributed by atoms with Crippen molar-refractivity contribution < 1.29 is 38.4 Å². The molecule has 0 radical (unpaired) electrons. The molecule has 12 atom stereocenters. The molecule has 1 aromatic heterocycles. The lowest BCUT2D eigenvalue weighted by molar-refractivity contribution is -0.267. The molecule has 4 fully saturated rings. The molecule has 5 aliphatic rings. The minimum Gasteiger partial charge on any atom is -0.472 e. The van der Waals surface area contributed by atoms with E-state index >= 15 is 0 Å². The first-order valence-electron chi connectivity index (χ1n) is 13.9. The third kappa shape index (κ3) is 3.02. The van der Waals surface area contributed by atoms with E-state index in [1.807, 2.05) is 6.07 Å². The van der Waals surface area contributed by atoms with E-state index in [1.54, 1.807) is 12.5 Å². The second-order valence-corrected chi connectivity index (χ2v) is 13.3. The average Bonchev–Trinajstić information content (AvgIpc) is 3.56. The van der Waals surface area contributed by atoms with Crippen LogP contribution >= 0.6 is 0 Å². The van der Waals surface area contributed by atoms with Gasteiger partial charge in [0.2, 0.25) is 0 Å². The summed E-state index contributed by atoms with van der Waals surface area (Å²) in [5.41, 5.74) is -0.411. The maximum absolute atomic E-state index is 12.5. The monoisotopic (exact) mass is 528 g/mol. The SMILES string of the molecule is CC(=O)O[C@H]1C[C@H]2[C@](C)(C3=CC[C@@H](c4ccoc4)[C@@]31C)[C@H](O)[C@@H]1OC[C@]3(C)[C@H](OC(C)=O)C[C@H](O)[C@@]2(C)[C@@H]13. The Bertz CT molecular complexity index is 1170. The summed E-state index contributed by atoms with van der Waals surface area (Å²) < 4.78 is 23.7. The number of aliphatic hydroxyl groups excluding tert-OH is 2. The maximum Gasteiger partial charge on any atom is 0.302 e. The van der Waals surface area contributed by atoms with Gasteiger partial charge in [-0.15, -0.1) is 0 Å². The fourth-order valence-electron chi connectivity index (χ4n) is 10.1. The zero-order valence-electron chi connectivity index (χ0n) is 23.1. The molecule has 0 bridgehead atoms. The third-order valence-corrected chi connectivity index (χ3v) is 11.7. The Morgan fingerprint density at radius 2 is 1.68 bits per heavy atom. The van der Waals surface area contributed by atoms with Gasteiger partial charge in [0.05, 0.1) is 37.4 Å². The van der Waals surface area contributed by atoms with Crippen molar-refractivity contribution in [3.05, 3.63) is 35.8 Å². The first kappa shape index (κ1) is 26.1. The van der Waals surface area contributed by atoms with Crippen LogP contribution in [-0.4, -0.2) is 59.3 Å². The van der Waals surface area contributed by atoms with Crippen molar-refractivity contribution in [1.82, 2.24) is 0 Å². The standard InChI is InChI=1S/C30H40O8/c1-15(31)37-22-12-21(33)30(6)20-11-23(38-16(2)32)28(4)18(17-9-10-35-13-17)7-8-19(28)29(20,5)26(34)24-25(30)27(22,3)14-36-24/h8-10,13,18,20-26,33-34H,7,11-12,14H2,1-6H3/t18-,20-,21-,22+,23-,24+,25-,26+,27+,28-,29-,30-/m0/s1. The number of fused-ring (bicyclic) bond motifs is 4. The van der Waals surface area contributed by atoms with E-state index in [0.717, 1.165) is 17.6 Å². The van der Waals surface area contributed by atoms with Crippen molar-refractivity contribution in [3.63, 3.8) is 0 Å². The molecule has 1 aliphatic heterocycles. The smallest absolute Gasteiger partial charge is 0.302 e. The molecule has 2 heterocycles. The molecule has 0 unspecified atom stereocenters. The minimum atomic E-state index is -0.845. The topological polar surface area (TPSA) is 115 Å². The quantitative estimate of drug-likeness (QED) is 0.450. The molecule has 38 heavy (non-hydrogen) atoms. The number of furan rings is 1. The number of ether oxygens (including phenoxy) is 3. The highest BCUT2D eigenvalue weighted by Crippen LogP contribution is 2.75. The molecule has 0 amide bonds. The van der Waals surface area contributed by atoms with Crippen LogP contribution in [0.3, 0.4) is 0 Å². The summed E-state index contributed by atoms with van der Waals surface area (Å²) in [4.78, 5) is 24.4. The lowest BCUT2D eigenvalue weighted by atomic mass is 9.36. The Labute approximate surface area is 223 Å². The van der Waals surface area contributed by atoms with Crippen LogP contribution in [0.15, 0.2) is 34.7 Å². The summed E-state index contributed by atoms with van der Waals surface area (Å²) in [6.07, 6.45) is 4.06. The molecule has 6 rings (SSSR count). The van der Waals surface area contributed by atoms with E-state index in [1.165, 1.54) is 13.8 Å². The molecule has 1 aromatic rings. The Kier molecular flexibility index (Phi) is 5.61. The number of carbonyl (C=O) groups is 2. The number of aliphatic hydroxyl groups is 2. The van der Waals surface area contributed by atoms with Crippen LogP contribution in [0, 0.1) is 33.5 Å². The van der Waals surface area contributed by atoms with Gasteiger partial charge in [-0.25, -0.2) is 0 Å². The first-order chi connectivity index (χ1) is 17.8. The Morgan fingerprint density at radius 3 is 2.32 bits per heavy atom. The normalized spacial score (nSPS) is 50.9. The second-order valence-electron chi connectivity index (χ2n) is 13.3. The second kappa shape index (κ2) is 8.18. The molecule has 2 N–H and O–H groups in total. The molecule has 0 spiro atoms. The summed E-state index contributed by atoms with van der Waals surface area (Å²) in [7, 11) is 0. The molecule has 4 aliphatic carbocycles. The van der Waals surface area contributed by atoms with Crippen molar-refractivity contribution in [3.8, 4) is 0 Å². The van der Waals surface area contributed by atoms with Crippen LogP contribution in [0.25, 0.3) is 0 Å². The Balaban J connectivity index is 1.51. The first-order valence-corrected chi connectivity index (χ1v) is 13.9. The summed E-state index contributed by atoms with van der Waals surface area (Å²) >= 11 is 0. The van der Waals surface area contributed by atoms with E-state index in [2.05, 4.69) is 33.8 Å². The molecular weight excluding hydrogens is 488 g/mol. The van der Waals surface area contributed by atoms with Crippen molar-refractivity contribution in [1.29, 1.82) is 0 Å². The van der Waals surface area contributed by atoms with Gasteiger partial charge < -0.3 is 28.8 Å². The van der Waals surface area contributed by atoms with Crippen LogP contribution in [0.4, 0.5) is 0 Å². The van der Waals surface area contributed by atoms with Crippen LogP contribution < -0.4 is 0 Å². The van der Waals surface area contributed by atoms with Crippen LogP contribution in [0.5, 0.6) is 0 Å². The van der Waals surface area contributed by atoms with E-state index in [9.17, 15) is 19.8 Å². The van der Waals surface area contributed by atoms with Gasteiger partial charge in [-0.3, -0.25) is 9.59 Å². The highest BCUT2D eigenvalue weighted by Gasteiger charge is 2.78. The predicted octanol–water partition coefficient (Wildman–Crippen LogP) is 3.76. The summed E-state index contributed by atoms with van der Waals surface area (Å²) in [5.74, 6) is -1.15. The maximum atomic E-state index is 12.5. The molecule has 208 valence electrons. The number of hydrogen-bond donors (Lipinski definition) is 2. The summed E-state index contributed by atoms with van der Waals surface area (Å²) in [5, 5.41) is 24.1. The largest absolute Gasteiger partial charge is 0.472 e. The highest BCUT2D eigenvalue weighted by molar-refractivity contribution is 5.67. The average molecular weight is 529 g/mol. The summed E-state index contributed by atoms with van der Waals surface area (Å²) in [6, 6.07) is 1.96. The van der Waals surface area contributed by atoms with Crippen molar-refractivity contribution in [2.75, 3.05) is 6.61 Å². The Hall–Kier alpha value is -2.16. The molecular formula is C30H40O8. The molecule has 8 heteroatoms. The van der Waals surface area contributed by atoms with Gasteiger partial charge in [-0.1, -0.05) is 39.3 Å². The molecule has 1 saturated heterocycles. The lowest BCUT2D eigenvalue weighted by Gasteiger charge is -2.69. The van der Waals surface area contributed by atoms with Gasteiger partial charge in [0.1, 0.15) is 12.2 Å². The number of hydrogen-bond acceptors (Lipinski definition) is 8. The molecule has 8 nitrogen and oxygen atoms in total. The summed E-state index contributed by atoms with van der Waals surface area (Å²) in [6.45, 7) is 11.6. The molecule has 3 saturated carbocycles. The molecule has 0 aromatic carbocycles. The van der Waals surface area contributed by atoms with Crippen molar-refractivity contribution >= 4 is 11.9 Å². The van der Waals surface area contributed by atoms with Gasteiger partial charge in [0.25, 0.3) is 0 Å². The van der Waals surface area contributed by atoms with Crippen LogP contribution in [0.2, 0.25) is 0 Å². The van der Waals surface area contributed by atoms with E-state index < -0.39 is 52.2 Å². The predicted molar refractivity (Wildman–Crippen MR) is 136 cm³/mol. The van der Waals surface area contributed by atoms with Gasteiger partial charge in [0, 0.05) is 53.8 Å². The van der Waals surface area contributed by atoms with Gasteiger partial charge >= 0.3 is 11.9 Å². The van der Waals surface area contributed by atoms with Gasteiger partial charge in [-0.2, -0.15) is 0 Å². The number of rotatable bonds is 3. The van der Waals surface area contributed by atoms with Gasteiger partial charge in [-0.05, 0) is 30.4 Å². The van der Waals surface area contributed by atoms with Crippen LogP contribution in [-0.2, 0) is 23.8 Å². The third-order valence-electron chi connectivity index (χ3n) is 11.7. The number of allylic oxidation sites excluding steroid dienone is 1. The van der Waals surface area contributed by atoms with Gasteiger partial charge in [0.15, 0.2) is 0 Å². The fraction of sp³-hybridized carbons (Fsp3) is 0.733. The van der Waals surface area contributed by atoms with Crippen LogP contribution in [0.1, 0.15) is 72.3 Å². The fourth-order valence-corrected chi connectivity index (χ4v) is 10.1. The number of esters is 2. The van der Waals surface area contributed by atoms with E-state index in [-0.39, 0.29) is 29.7 Å². The van der Waals surface area contributed by atoms with E-state index in [0.29, 0.717) is 19.4 Å². The minimum absolute atomic E-state index is 0.0236. The van der Waals surface area contributed by atoms with Crippen molar-refractivity contribution in [2.45, 2.75) is 97.2 Å². The van der Waals surface area contributed by atoms with Crippen molar-refractivity contribution in [2.24, 2.45) is 33.5 Å². The Morgan fingerprint density at radius 1 is 1.00 bits per heavy atom. The van der Waals surface area contributed by atoms with E-state index in [4.69, 9.17) is 18.6 Å².